The van der Waals surface area contributed by atoms with Crippen LogP contribution < -0.4 is 11.1 Å². The lowest BCUT2D eigenvalue weighted by Crippen LogP contribution is -2.40. The van der Waals surface area contributed by atoms with Gasteiger partial charge in [0.2, 0.25) is 0 Å². The van der Waals surface area contributed by atoms with Gasteiger partial charge in [0.15, 0.2) is 0 Å². The van der Waals surface area contributed by atoms with Gasteiger partial charge in [-0.1, -0.05) is 25.6 Å². The molecule has 0 radical (unpaired) electrons. The number of nitrogens with zero attached hydrogens (tertiary/aromatic N) is 2. The van der Waals surface area contributed by atoms with E-state index in [9.17, 15) is 15.3 Å². The zero-order chi connectivity index (χ0) is 22.4. The molecule has 0 aliphatic carbocycles. The van der Waals surface area contributed by atoms with Gasteiger partial charge in [0.1, 0.15) is 11.4 Å². The van der Waals surface area contributed by atoms with Crippen LogP contribution in [0.15, 0.2) is 60.3 Å². The number of hydrogen-bond donors (Lipinski definition) is 5. The number of rotatable bonds is 7. The van der Waals surface area contributed by atoms with Gasteiger partial charge in [-0.25, -0.2) is 0 Å². The normalized spacial score (nSPS) is 16.3. The summed E-state index contributed by atoms with van der Waals surface area (Å²) in [6.45, 7) is 3.15. The molecule has 6 N–H and O–H groups in total. The Morgan fingerprint density at radius 1 is 1.28 bits per heavy atom. The summed E-state index contributed by atoms with van der Waals surface area (Å²) < 4.78 is 0. The van der Waals surface area contributed by atoms with E-state index in [4.69, 9.17) is 11.0 Å². The number of benzene rings is 2. The standard InChI is InChI=1S/C24H28N4O3.CH4/c1-24(31,16-29)20-3-2-10-28(15-20)14-19-7-6-18(11-23(19)30)22(26)13-27-21-8-4-17(12-25)5-9-21;/h3-9,11,13,27,29-31H,2,10,14-16,26H2,1H3;1H4/b22-13-;/t24-;/m1./s1. The molecule has 0 amide bonds. The smallest absolute Gasteiger partial charge is 0.120 e. The fourth-order valence-electron chi connectivity index (χ4n) is 3.44. The van der Waals surface area contributed by atoms with Crippen LogP contribution in [0.2, 0.25) is 0 Å². The van der Waals surface area contributed by atoms with Crippen LogP contribution in [0.5, 0.6) is 5.75 Å². The number of hydrogen-bond acceptors (Lipinski definition) is 7. The second-order valence-electron chi connectivity index (χ2n) is 7.94. The quantitative estimate of drug-likeness (QED) is 0.422. The van der Waals surface area contributed by atoms with Gasteiger partial charge in [0, 0.05) is 42.6 Å². The van der Waals surface area contributed by atoms with E-state index < -0.39 is 5.60 Å². The lowest BCUT2D eigenvalue weighted by Gasteiger charge is -2.33. The molecule has 170 valence electrons. The molecule has 7 heteroatoms. The molecule has 0 bridgehead atoms. The van der Waals surface area contributed by atoms with Crippen LogP contribution in [-0.4, -0.2) is 45.5 Å². The highest BCUT2D eigenvalue weighted by atomic mass is 16.3. The number of aromatic hydroxyl groups is 1. The second kappa shape index (κ2) is 10.8. The largest absolute Gasteiger partial charge is 0.508 e. The zero-order valence-electron chi connectivity index (χ0n) is 17.5. The Labute approximate surface area is 189 Å². The third-order valence-corrected chi connectivity index (χ3v) is 5.45. The topological polar surface area (TPSA) is 126 Å². The van der Waals surface area contributed by atoms with Crippen molar-refractivity contribution in [3.8, 4) is 11.8 Å². The molecule has 3 rings (SSSR count). The summed E-state index contributed by atoms with van der Waals surface area (Å²) in [5.41, 5.74) is 9.01. The molecule has 0 unspecified atom stereocenters. The average Bonchev–Trinajstić information content (AvgIpc) is 2.79. The first kappa shape index (κ1) is 25.0. The number of phenolic OH excluding ortho intramolecular Hbond substituents is 1. The van der Waals surface area contributed by atoms with Gasteiger partial charge in [-0.3, -0.25) is 4.90 Å². The van der Waals surface area contributed by atoms with Crippen LogP contribution in [-0.2, 0) is 6.54 Å². The number of phenols is 1. The van der Waals surface area contributed by atoms with Crippen LogP contribution in [0.1, 0.15) is 37.5 Å². The number of aliphatic hydroxyl groups excluding tert-OH is 1. The first-order valence-electron chi connectivity index (χ1n) is 10.1. The molecule has 1 aliphatic heterocycles. The highest BCUT2D eigenvalue weighted by Crippen LogP contribution is 2.27. The van der Waals surface area contributed by atoms with Gasteiger partial charge in [-0.15, -0.1) is 0 Å². The van der Waals surface area contributed by atoms with Gasteiger partial charge in [-0.2, -0.15) is 5.26 Å². The van der Waals surface area contributed by atoms with Crippen LogP contribution in [0.25, 0.3) is 5.70 Å². The maximum absolute atomic E-state index is 10.5. The Morgan fingerprint density at radius 3 is 2.62 bits per heavy atom. The average molecular weight is 437 g/mol. The molecule has 1 aliphatic rings. The number of aliphatic hydroxyl groups is 2. The molecule has 1 heterocycles. The van der Waals surface area contributed by atoms with Crippen molar-refractivity contribution in [2.24, 2.45) is 5.73 Å². The van der Waals surface area contributed by atoms with Gasteiger partial charge in [0.05, 0.1) is 23.9 Å². The minimum absolute atomic E-state index is 0. The SMILES string of the molecule is C.C[C@@](O)(CO)C1=CCCN(Cc2ccc(/C(N)=C/Nc3ccc(C#N)cc3)cc2O)C1. The molecular weight excluding hydrogens is 404 g/mol. The summed E-state index contributed by atoms with van der Waals surface area (Å²) in [4.78, 5) is 2.12. The fraction of sp³-hybridized carbons (Fsp3) is 0.320. The van der Waals surface area contributed by atoms with Crippen molar-refractivity contribution in [2.45, 2.75) is 32.9 Å². The first-order chi connectivity index (χ1) is 14.8. The monoisotopic (exact) mass is 436 g/mol. The molecule has 0 spiro atoms. The summed E-state index contributed by atoms with van der Waals surface area (Å²) >= 11 is 0. The van der Waals surface area contributed by atoms with Crippen molar-refractivity contribution in [1.29, 1.82) is 5.26 Å². The van der Waals surface area contributed by atoms with Crippen LogP contribution >= 0.6 is 0 Å². The Balaban J connectivity index is 0.00000363. The van der Waals surface area contributed by atoms with E-state index in [1.165, 1.54) is 0 Å². The lowest BCUT2D eigenvalue weighted by molar-refractivity contribution is 0.0247. The van der Waals surface area contributed by atoms with E-state index in [0.29, 0.717) is 29.9 Å². The predicted octanol–water partition coefficient (Wildman–Crippen LogP) is 3.14. The molecule has 0 fully saturated rings. The Kier molecular flexibility index (Phi) is 8.44. The molecule has 2 aromatic rings. The molecule has 2 aromatic carbocycles. The minimum Gasteiger partial charge on any atom is -0.508 e. The van der Waals surface area contributed by atoms with Crippen LogP contribution in [0.3, 0.4) is 0 Å². The summed E-state index contributed by atoms with van der Waals surface area (Å²) in [6.07, 6.45) is 4.40. The van der Waals surface area contributed by atoms with Crippen molar-refractivity contribution in [1.82, 2.24) is 4.90 Å². The minimum atomic E-state index is -1.23. The van der Waals surface area contributed by atoms with Crippen molar-refractivity contribution in [3.63, 3.8) is 0 Å². The van der Waals surface area contributed by atoms with Gasteiger partial charge in [0.25, 0.3) is 0 Å². The first-order valence-corrected chi connectivity index (χ1v) is 10.1. The molecule has 1 atom stereocenters. The fourth-order valence-corrected chi connectivity index (χ4v) is 3.44. The third kappa shape index (κ3) is 6.11. The van der Waals surface area contributed by atoms with Crippen LogP contribution in [0.4, 0.5) is 5.69 Å². The maximum Gasteiger partial charge on any atom is 0.120 e. The highest BCUT2D eigenvalue weighted by Gasteiger charge is 2.28. The molecule has 7 nitrogen and oxygen atoms in total. The van der Waals surface area contributed by atoms with E-state index >= 15 is 0 Å². The molecular formula is C25H32N4O3. The third-order valence-electron chi connectivity index (χ3n) is 5.45. The van der Waals surface area contributed by atoms with E-state index in [0.717, 1.165) is 29.8 Å². The van der Waals surface area contributed by atoms with Crippen molar-refractivity contribution >= 4 is 11.4 Å². The Hall–Kier alpha value is -3.31. The van der Waals surface area contributed by atoms with Crippen molar-refractivity contribution in [3.05, 3.63) is 77.0 Å². The molecule has 0 aromatic heterocycles. The summed E-state index contributed by atoms with van der Waals surface area (Å²) in [5, 5.41) is 42.2. The van der Waals surface area contributed by atoms with Crippen molar-refractivity contribution in [2.75, 3.05) is 25.0 Å². The number of nitrogens with one attached hydrogen (secondary N) is 1. The van der Waals surface area contributed by atoms with Crippen molar-refractivity contribution < 1.29 is 15.3 Å². The summed E-state index contributed by atoms with van der Waals surface area (Å²) in [7, 11) is 0. The molecule has 0 saturated carbocycles. The Morgan fingerprint density at radius 2 is 2.00 bits per heavy atom. The summed E-state index contributed by atoms with van der Waals surface area (Å²) in [6, 6.07) is 14.4. The zero-order valence-corrected chi connectivity index (χ0v) is 17.5. The summed E-state index contributed by atoms with van der Waals surface area (Å²) in [5.74, 6) is 0.150. The van der Waals surface area contributed by atoms with Crippen LogP contribution in [0, 0.1) is 11.3 Å². The van der Waals surface area contributed by atoms with E-state index in [2.05, 4.69) is 16.3 Å². The number of nitriles is 1. The van der Waals surface area contributed by atoms with Gasteiger partial charge < -0.3 is 26.4 Å². The molecule has 32 heavy (non-hydrogen) atoms. The predicted molar refractivity (Wildman–Crippen MR) is 127 cm³/mol. The number of nitrogens with two attached hydrogens (primary N) is 1. The number of anilines is 1. The molecule has 0 saturated heterocycles. The maximum atomic E-state index is 10.5. The van der Waals surface area contributed by atoms with E-state index in [1.54, 1.807) is 43.5 Å². The van der Waals surface area contributed by atoms with Gasteiger partial charge in [-0.05, 0) is 49.2 Å². The van der Waals surface area contributed by atoms with E-state index in [-0.39, 0.29) is 19.8 Å². The second-order valence-corrected chi connectivity index (χ2v) is 7.94. The Bertz CT molecular complexity index is 1020. The van der Waals surface area contributed by atoms with E-state index in [1.807, 2.05) is 18.2 Å². The van der Waals surface area contributed by atoms with Gasteiger partial charge >= 0.3 is 0 Å². The highest BCUT2D eigenvalue weighted by molar-refractivity contribution is 5.67. The lowest BCUT2D eigenvalue weighted by atomic mass is 9.92.